The van der Waals surface area contributed by atoms with Crippen molar-refractivity contribution in [2.24, 2.45) is 0 Å². The molecule has 0 unspecified atom stereocenters. The van der Waals surface area contributed by atoms with E-state index in [-0.39, 0.29) is 0 Å². The Morgan fingerprint density at radius 2 is 1.38 bits per heavy atom. The molecule has 1 heterocycles. The molecule has 0 aliphatic heterocycles. The standard InChI is InChI=1S/C21H19NO2/c1-2-23-16-8-10-18-19-11-9-17(13-21(19)22-20(18)12-16)24-14-15-6-4-3-5-7-15/h3-13,22H,2,14H2,1H3. The summed E-state index contributed by atoms with van der Waals surface area (Å²) in [6, 6.07) is 22.5. The summed E-state index contributed by atoms with van der Waals surface area (Å²) in [4.78, 5) is 3.46. The lowest BCUT2D eigenvalue weighted by Gasteiger charge is -2.06. The van der Waals surface area contributed by atoms with Gasteiger partial charge in [-0.3, -0.25) is 0 Å². The average molecular weight is 317 g/mol. The average Bonchev–Trinajstić information content (AvgIpc) is 2.98. The van der Waals surface area contributed by atoms with Crippen molar-refractivity contribution >= 4 is 21.8 Å². The van der Waals surface area contributed by atoms with Crippen LogP contribution in [-0.4, -0.2) is 11.6 Å². The number of rotatable bonds is 5. The van der Waals surface area contributed by atoms with E-state index >= 15 is 0 Å². The molecular weight excluding hydrogens is 298 g/mol. The van der Waals surface area contributed by atoms with Crippen molar-refractivity contribution in [1.82, 2.24) is 4.98 Å². The highest BCUT2D eigenvalue weighted by molar-refractivity contribution is 6.07. The first-order chi connectivity index (χ1) is 11.8. The summed E-state index contributed by atoms with van der Waals surface area (Å²) in [6.07, 6.45) is 0. The van der Waals surface area contributed by atoms with Crippen molar-refractivity contribution in [3.8, 4) is 11.5 Å². The van der Waals surface area contributed by atoms with E-state index < -0.39 is 0 Å². The van der Waals surface area contributed by atoms with Crippen LogP contribution in [0, 0.1) is 0 Å². The quantitative estimate of drug-likeness (QED) is 0.542. The number of ether oxygens (including phenoxy) is 2. The van der Waals surface area contributed by atoms with E-state index in [0.29, 0.717) is 13.2 Å². The molecule has 0 amide bonds. The predicted octanol–water partition coefficient (Wildman–Crippen LogP) is 5.30. The van der Waals surface area contributed by atoms with Crippen LogP contribution in [0.25, 0.3) is 21.8 Å². The summed E-state index contributed by atoms with van der Waals surface area (Å²) < 4.78 is 11.5. The number of nitrogens with one attached hydrogen (secondary N) is 1. The molecule has 24 heavy (non-hydrogen) atoms. The van der Waals surface area contributed by atoms with Crippen molar-refractivity contribution in [1.29, 1.82) is 0 Å². The Morgan fingerprint density at radius 1 is 0.750 bits per heavy atom. The highest BCUT2D eigenvalue weighted by Crippen LogP contribution is 2.30. The Balaban J connectivity index is 1.63. The minimum atomic E-state index is 0.570. The Hall–Kier alpha value is -2.94. The highest BCUT2D eigenvalue weighted by Gasteiger charge is 2.07. The minimum absolute atomic E-state index is 0.570. The van der Waals surface area contributed by atoms with Crippen molar-refractivity contribution in [2.75, 3.05) is 6.61 Å². The first kappa shape index (κ1) is 14.6. The van der Waals surface area contributed by atoms with Gasteiger partial charge in [0.05, 0.1) is 17.6 Å². The van der Waals surface area contributed by atoms with Crippen LogP contribution in [0.15, 0.2) is 66.7 Å². The van der Waals surface area contributed by atoms with Gasteiger partial charge in [0.2, 0.25) is 0 Å². The SMILES string of the molecule is CCOc1ccc2c(c1)[nH]c1cc(OCc3ccccc3)ccc12. The van der Waals surface area contributed by atoms with Gasteiger partial charge in [0, 0.05) is 22.9 Å². The molecule has 0 saturated carbocycles. The van der Waals surface area contributed by atoms with Crippen LogP contribution in [0.4, 0.5) is 0 Å². The summed E-state index contributed by atoms with van der Waals surface area (Å²) in [5.41, 5.74) is 3.32. The molecule has 120 valence electrons. The number of hydrogen-bond donors (Lipinski definition) is 1. The van der Waals surface area contributed by atoms with Crippen LogP contribution in [0.2, 0.25) is 0 Å². The molecule has 4 aromatic rings. The van der Waals surface area contributed by atoms with E-state index in [0.717, 1.165) is 28.1 Å². The molecule has 4 rings (SSSR count). The third kappa shape index (κ3) is 2.81. The smallest absolute Gasteiger partial charge is 0.121 e. The van der Waals surface area contributed by atoms with Gasteiger partial charge in [0.25, 0.3) is 0 Å². The highest BCUT2D eigenvalue weighted by atomic mass is 16.5. The Labute approximate surface area is 140 Å². The second-order valence-electron chi connectivity index (χ2n) is 5.75. The fraction of sp³-hybridized carbons (Fsp3) is 0.143. The molecule has 0 bridgehead atoms. The van der Waals surface area contributed by atoms with Crippen LogP contribution in [-0.2, 0) is 6.61 Å². The zero-order valence-corrected chi connectivity index (χ0v) is 13.6. The zero-order chi connectivity index (χ0) is 16.4. The van der Waals surface area contributed by atoms with E-state index in [9.17, 15) is 0 Å². The van der Waals surface area contributed by atoms with Gasteiger partial charge >= 0.3 is 0 Å². The van der Waals surface area contributed by atoms with Gasteiger partial charge in [-0.05, 0) is 36.8 Å². The Kier molecular flexibility index (Phi) is 3.83. The van der Waals surface area contributed by atoms with Crippen LogP contribution in [0.3, 0.4) is 0 Å². The van der Waals surface area contributed by atoms with Crippen LogP contribution in [0.1, 0.15) is 12.5 Å². The van der Waals surface area contributed by atoms with Crippen LogP contribution < -0.4 is 9.47 Å². The van der Waals surface area contributed by atoms with E-state index in [1.54, 1.807) is 0 Å². The molecule has 0 aliphatic rings. The maximum atomic E-state index is 5.91. The van der Waals surface area contributed by atoms with Crippen molar-refractivity contribution in [2.45, 2.75) is 13.5 Å². The minimum Gasteiger partial charge on any atom is -0.494 e. The molecule has 0 fully saturated rings. The Bertz CT molecular complexity index is 973. The fourth-order valence-corrected chi connectivity index (χ4v) is 2.96. The number of hydrogen-bond acceptors (Lipinski definition) is 2. The van der Waals surface area contributed by atoms with Gasteiger partial charge in [-0.1, -0.05) is 30.3 Å². The Morgan fingerprint density at radius 3 is 2.00 bits per heavy atom. The largest absolute Gasteiger partial charge is 0.494 e. The maximum absolute atomic E-state index is 5.91. The zero-order valence-electron chi connectivity index (χ0n) is 13.6. The summed E-state index contributed by atoms with van der Waals surface area (Å²) in [5.74, 6) is 1.75. The second kappa shape index (κ2) is 6.28. The van der Waals surface area contributed by atoms with Gasteiger partial charge in [-0.25, -0.2) is 0 Å². The summed E-state index contributed by atoms with van der Waals surface area (Å²) in [5, 5.41) is 2.39. The number of aromatic nitrogens is 1. The molecule has 0 aliphatic carbocycles. The van der Waals surface area contributed by atoms with Gasteiger partial charge in [-0.2, -0.15) is 0 Å². The number of fused-ring (bicyclic) bond motifs is 3. The lowest BCUT2D eigenvalue weighted by Crippen LogP contribution is -1.94. The number of aromatic amines is 1. The molecule has 3 aromatic carbocycles. The first-order valence-corrected chi connectivity index (χ1v) is 8.18. The molecule has 0 saturated heterocycles. The van der Waals surface area contributed by atoms with Crippen molar-refractivity contribution < 1.29 is 9.47 Å². The van der Waals surface area contributed by atoms with Crippen LogP contribution >= 0.6 is 0 Å². The molecule has 1 aromatic heterocycles. The molecule has 0 spiro atoms. The second-order valence-corrected chi connectivity index (χ2v) is 5.75. The molecule has 1 N–H and O–H groups in total. The number of H-pyrrole nitrogens is 1. The lowest BCUT2D eigenvalue weighted by atomic mass is 10.1. The molecule has 3 heteroatoms. The van der Waals surface area contributed by atoms with Crippen LogP contribution in [0.5, 0.6) is 11.5 Å². The monoisotopic (exact) mass is 317 g/mol. The van der Waals surface area contributed by atoms with Gasteiger partial charge in [-0.15, -0.1) is 0 Å². The van der Waals surface area contributed by atoms with Crippen molar-refractivity contribution in [3.63, 3.8) is 0 Å². The normalized spacial score (nSPS) is 11.0. The summed E-state index contributed by atoms with van der Waals surface area (Å²) >= 11 is 0. The summed E-state index contributed by atoms with van der Waals surface area (Å²) in [6.45, 7) is 3.23. The first-order valence-electron chi connectivity index (χ1n) is 8.18. The third-order valence-corrected chi connectivity index (χ3v) is 4.10. The molecule has 3 nitrogen and oxygen atoms in total. The maximum Gasteiger partial charge on any atom is 0.121 e. The fourth-order valence-electron chi connectivity index (χ4n) is 2.96. The van der Waals surface area contributed by atoms with E-state index in [2.05, 4.69) is 35.3 Å². The predicted molar refractivity (Wildman–Crippen MR) is 97.7 cm³/mol. The molecule has 0 radical (unpaired) electrons. The van der Waals surface area contributed by atoms with Crippen molar-refractivity contribution in [3.05, 3.63) is 72.3 Å². The van der Waals surface area contributed by atoms with Gasteiger partial charge in [0.1, 0.15) is 18.1 Å². The number of benzene rings is 3. The third-order valence-electron chi connectivity index (χ3n) is 4.10. The molecular formula is C21H19NO2. The van der Waals surface area contributed by atoms with Gasteiger partial charge in [0.15, 0.2) is 0 Å². The van der Waals surface area contributed by atoms with E-state index in [1.165, 1.54) is 10.8 Å². The summed E-state index contributed by atoms with van der Waals surface area (Å²) in [7, 11) is 0. The molecule has 0 atom stereocenters. The van der Waals surface area contributed by atoms with E-state index in [1.807, 2.05) is 43.3 Å². The van der Waals surface area contributed by atoms with E-state index in [4.69, 9.17) is 9.47 Å². The lowest BCUT2D eigenvalue weighted by molar-refractivity contribution is 0.306. The topological polar surface area (TPSA) is 34.2 Å². The van der Waals surface area contributed by atoms with Gasteiger partial charge < -0.3 is 14.5 Å².